The van der Waals surface area contributed by atoms with Gasteiger partial charge in [0.2, 0.25) is 0 Å². The van der Waals surface area contributed by atoms with Crippen molar-refractivity contribution in [3.63, 3.8) is 0 Å². The number of rotatable bonds is 5. The molecule has 1 fully saturated rings. The number of hydrogen-bond acceptors (Lipinski definition) is 7. The molecule has 4 aromatic rings. The zero-order valence-electron chi connectivity index (χ0n) is 18.8. The van der Waals surface area contributed by atoms with Crippen LogP contribution in [0.1, 0.15) is 28.4 Å². The average molecular weight is 457 g/mol. The van der Waals surface area contributed by atoms with Crippen LogP contribution >= 0.6 is 0 Å². The maximum atomic E-state index is 13.1. The molecule has 10 nitrogen and oxygen atoms in total. The van der Waals surface area contributed by atoms with Gasteiger partial charge in [-0.15, -0.1) is 0 Å². The Labute approximate surface area is 195 Å². The van der Waals surface area contributed by atoms with E-state index in [1.165, 1.54) is 13.3 Å². The molecule has 2 N–H and O–H groups in total. The first-order valence-electron chi connectivity index (χ1n) is 10.7. The highest BCUT2D eigenvalue weighted by atomic mass is 16.5. The summed E-state index contributed by atoms with van der Waals surface area (Å²) in [5, 5.41) is 18.1. The van der Waals surface area contributed by atoms with Crippen LogP contribution in [0.5, 0.6) is 11.5 Å². The van der Waals surface area contributed by atoms with Crippen molar-refractivity contribution in [2.24, 2.45) is 0 Å². The molecule has 1 atom stereocenters. The molecule has 172 valence electrons. The van der Waals surface area contributed by atoms with E-state index in [9.17, 15) is 10.1 Å². The van der Waals surface area contributed by atoms with E-state index < -0.39 is 0 Å². The Hall–Kier alpha value is -4.52. The van der Waals surface area contributed by atoms with Gasteiger partial charge in [-0.3, -0.25) is 9.48 Å². The van der Waals surface area contributed by atoms with Crippen LogP contribution in [0.4, 0.5) is 5.69 Å². The number of hydrogen-bond donors (Lipinski definition) is 1. The summed E-state index contributed by atoms with van der Waals surface area (Å²) in [6, 6.07) is 9.12. The minimum absolute atomic E-state index is 0.0537. The van der Waals surface area contributed by atoms with Crippen LogP contribution in [0, 0.1) is 11.3 Å². The first kappa shape index (κ1) is 21.3. The summed E-state index contributed by atoms with van der Waals surface area (Å²) in [4.78, 5) is 14.9. The monoisotopic (exact) mass is 457 g/mol. The van der Waals surface area contributed by atoms with Crippen molar-refractivity contribution < 1.29 is 14.3 Å². The van der Waals surface area contributed by atoms with Crippen LogP contribution in [-0.4, -0.2) is 57.5 Å². The second-order valence-corrected chi connectivity index (χ2v) is 8.12. The zero-order chi connectivity index (χ0) is 23.8. The summed E-state index contributed by atoms with van der Waals surface area (Å²) in [7, 11) is 3.09. The SMILES string of the molecule is COc1cc(N)ccc1C(=O)N1CC[C@H](n2cc(-c3cc(OC)c4c(C#N)cnn4c3)cn2)C1. The van der Waals surface area contributed by atoms with E-state index in [0.29, 0.717) is 46.9 Å². The number of nitrogen functional groups attached to an aromatic ring is 1. The lowest BCUT2D eigenvalue weighted by Crippen LogP contribution is -2.29. The van der Waals surface area contributed by atoms with Crippen LogP contribution in [-0.2, 0) is 0 Å². The van der Waals surface area contributed by atoms with Crippen LogP contribution in [0.15, 0.2) is 49.1 Å². The van der Waals surface area contributed by atoms with Crippen LogP contribution in [0.2, 0.25) is 0 Å². The highest BCUT2D eigenvalue weighted by Gasteiger charge is 2.30. The van der Waals surface area contributed by atoms with Gasteiger partial charge < -0.3 is 20.1 Å². The number of pyridine rings is 1. The molecular formula is C24H23N7O3. The van der Waals surface area contributed by atoms with E-state index in [0.717, 1.165) is 17.5 Å². The molecule has 4 heterocycles. The molecule has 10 heteroatoms. The quantitative estimate of drug-likeness (QED) is 0.457. The zero-order valence-corrected chi connectivity index (χ0v) is 18.8. The van der Waals surface area contributed by atoms with Gasteiger partial charge in [-0.05, 0) is 24.6 Å². The lowest BCUT2D eigenvalue weighted by atomic mass is 10.1. The number of likely N-dealkylation sites (tertiary alicyclic amines) is 1. The smallest absolute Gasteiger partial charge is 0.257 e. The van der Waals surface area contributed by atoms with E-state index in [1.807, 2.05) is 28.0 Å². The number of nitrogens with zero attached hydrogens (tertiary/aromatic N) is 6. The van der Waals surface area contributed by atoms with E-state index in [2.05, 4.69) is 16.3 Å². The maximum absolute atomic E-state index is 13.1. The first-order chi connectivity index (χ1) is 16.5. The number of ether oxygens (including phenoxy) is 2. The summed E-state index contributed by atoms with van der Waals surface area (Å²) in [5.74, 6) is 0.945. The molecule has 0 radical (unpaired) electrons. The molecular weight excluding hydrogens is 434 g/mol. The van der Waals surface area contributed by atoms with Gasteiger partial charge in [0, 0.05) is 48.4 Å². The van der Waals surface area contributed by atoms with Crippen LogP contribution in [0.3, 0.4) is 0 Å². The molecule has 1 aliphatic heterocycles. The number of carbonyl (C=O) groups is 1. The standard InChI is InChI=1S/C24H23N7O3/c1-33-21-8-18(26)3-4-20(21)24(32)29-6-5-19(14-29)30-13-17(11-27-30)15-7-22(34-2)23-16(9-25)10-28-31(23)12-15/h3-4,7-8,10-13,19H,5-6,14,26H2,1-2H3/t19-/m0/s1. The highest BCUT2D eigenvalue weighted by Crippen LogP contribution is 2.32. The van der Waals surface area contributed by atoms with Crippen LogP contribution < -0.4 is 15.2 Å². The van der Waals surface area contributed by atoms with Gasteiger partial charge in [-0.25, -0.2) is 4.52 Å². The number of nitrogens with two attached hydrogens (primary N) is 1. The maximum Gasteiger partial charge on any atom is 0.257 e. The Morgan fingerprint density at radius 1 is 1.12 bits per heavy atom. The minimum atomic E-state index is -0.0890. The van der Waals surface area contributed by atoms with Gasteiger partial charge in [-0.1, -0.05) is 0 Å². The van der Waals surface area contributed by atoms with Gasteiger partial charge in [0.05, 0.1) is 38.2 Å². The van der Waals surface area contributed by atoms with Crippen molar-refractivity contribution in [3.05, 3.63) is 60.2 Å². The summed E-state index contributed by atoms with van der Waals surface area (Å²) in [6.07, 6.45) is 7.89. The number of methoxy groups -OCH3 is 2. The summed E-state index contributed by atoms with van der Waals surface area (Å²) in [6.45, 7) is 1.16. The normalized spacial score (nSPS) is 15.4. The largest absolute Gasteiger partial charge is 0.496 e. The molecule has 0 saturated carbocycles. The Bertz CT molecular complexity index is 1430. The molecule has 1 aromatic carbocycles. The number of amides is 1. The van der Waals surface area contributed by atoms with E-state index in [4.69, 9.17) is 15.2 Å². The second-order valence-electron chi connectivity index (χ2n) is 8.12. The number of carbonyl (C=O) groups excluding carboxylic acids is 1. The number of benzene rings is 1. The molecule has 3 aromatic heterocycles. The number of anilines is 1. The van der Waals surface area contributed by atoms with Crippen molar-refractivity contribution >= 4 is 17.1 Å². The highest BCUT2D eigenvalue weighted by molar-refractivity contribution is 5.97. The Balaban J connectivity index is 1.37. The average Bonchev–Trinajstić information content (AvgIpc) is 3.61. The van der Waals surface area contributed by atoms with Gasteiger partial charge in [0.25, 0.3) is 5.91 Å². The third-order valence-corrected chi connectivity index (χ3v) is 6.13. The van der Waals surface area contributed by atoms with Gasteiger partial charge in [0.1, 0.15) is 28.6 Å². The predicted molar refractivity (Wildman–Crippen MR) is 125 cm³/mol. The minimum Gasteiger partial charge on any atom is -0.496 e. The fourth-order valence-electron chi connectivity index (χ4n) is 4.36. The van der Waals surface area contributed by atoms with Crippen molar-refractivity contribution in [3.8, 4) is 28.7 Å². The molecule has 1 amide bonds. The molecule has 0 aliphatic carbocycles. The summed E-state index contributed by atoms with van der Waals surface area (Å²) < 4.78 is 14.4. The predicted octanol–water partition coefficient (Wildman–Crippen LogP) is 2.76. The van der Waals surface area contributed by atoms with Crippen molar-refractivity contribution in [2.75, 3.05) is 33.0 Å². The Kier molecular flexibility index (Phi) is 5.30. The van der Waals surface area contributed by atoms with E-state index >= 15 is 0 Å². The lowest BCUT2D eigenvalue weighted by molar-refractivity contribution is 0.0783. The van der Waals surface area contributed by atoms with Gasteiger partial charge in [-0.2, -0.15) is 15.5 Å². The fraction of sp³-hybridized carbons (Fsp3) is 0.250. The van der Waals surface area contributed by atoms with Crippen molar-refractivity contribution in [1.82, 2.24) is 24.3 Å². The summed E-state index contributed by atoms with van der Waals surface area (Å²) >= 11 is 0. The molecule has 1 saturated heterocycles. The Morgan fingerprint density at radius 3 is 2.71 bits per heavy atom. The topological polar surface area (TPSA) is 124 Å². The number of fused-ring (bicyclic) bond motifs is 1. The van der Waals surface area contributed by atoms with Gasteiger partial charge >= 0.3 is 0 Å². The van der Waals surface area contributed by atoms with Crippen molar-refractivity contribution in [2.45, 2.75) is 12.5 Å². The molecule has 0 bridgehead atoms. The second kappa shape index (κ2) is 8.44. The molecule has 1 aliphatic rings. The number of nitriles is 1. The van der Waals surface area contributed by atoms with Crippen LogP contribution in [0.25, 0.3) is 16.6 Å². The first-order valence-corrected chi connectivity index (χ1v) is 10.7. The fourth-order valence-corrected chi connectivity index (χ4v) is 4.36. The molecule has 5 rings (SSSR count). The third kappa shape index (κ3) is 3.57. The number of aromatic nitrogens is 4. The molecule has 0 unspecified atom stereocenters. The molecule has 0 spiro atoms. The lowest BCUT2D eigenvalue weighted by Gasteiger charge is -2.18. The molecule has 34 heavy (non-hydrogen) atoms. The van der Waals surface area contributed by atoms with Crippen molar-refractivity contribution in [1.29, 1.82) is 5.26 Å². The third-order valence-electron chi connectivity index (χ3n) is 6.13. The van der Waals surface area contributed by atoms with Gasteiger partial charge in [0.15, 0.2) is 0 Å². The Morgan fingerprint density at radius 2 is 1.94 bits per heavy atom. The van der Waals surface area contributed by atoms with E-state index in [-0.39, 0.29) is 11.9 Å². The summed E-state index contributed by atoms with van der Waals surface area (Å²) in [5.41, 5.74) is 9.69. The van der Waals surface area contributed by atoms with E-state index in [1.54, 1.807) is 36.0 Å².